The van der Waals surface area contributed by atoms with Crippen LogP contribution in [0.4, 0.5) is 0 Å². The lowest BCUT2D eigenvalue weighted by molar-refractivity contribution is -0.137. The molecule has 1 heterocycles. The summed E-state index contributed by atoms with van der Waals surface area (Å²) in [5.74, 6) is -0.832. The largest absolute Gasteiger partial charge is 0.486 e. The third-order valence-corrected chi connectivity index (χ3v) is 5.07. The van der Waals surface area contributed by atoms with Gasteiger partial charge in [0, 0.05) is 25.5 Å². The van der Waals surface area contributed by atoms with Gasteiger partial charge in [-0.3, -0.25) is 9.59 Å². The number of aliphatic carboxylic acids is 1. The van der Waals surface area contributed by atoms with Crippen LogP contribution in [0.25, 0.3) is 0 Å². The number of nitrogens with one attached hydrogen (secondary N) is 1. The number of hydrogen-bond acceptors (Lipinski definition) is 6. The second-order valence-electron chi connectivity index (χ2n) is 5.22. The van der Waals surface area contributed by atoms with Crippen molar-refractivity contribution < 1.29 is 32.6 Å². The van der Waals surface area contributed by atoms with E-state index >= 15 is 0 Å². The van der Waals surface area contributed by atoms with E-state index in [1.807, 2.05) is 0 Å². The van der Waals surface area contributed by atoms with Crippen molar-refractivity contribution >= 4 is 21.7 Å². The van der Waals surface area contributed by atoms with Gasteiger partial charge in [-0.1, -0.05) is 0 Å². The lowest BCUT2D eigenvalue weighted by atomic mass is 10.3. The van der Waals surface area contributed by atoms with E-state index < -0.39 is 21.7 Å². The number of carbonyl (C=O) groups is 2. The highest BCUT2D eigenvalue weighted by molar-refractivity contribution is 7.91. The van der Waals surface area contributed by atoms with Gasteiger partial charge in [0.25, 0.3) is 0 Å². The Bertz CT molecular complexity index is 715. The number of benzene rings is 1. The van der Waals surface area contributed by atoms with Gasteiger partial charge in [-0.2, -0.15) is 0 Å². The fourth-order valence-corrected chi connectivity index (χ4v) is 3.37. The van der Waals surface area contributed by atoms with Crippen LogP contribution >= 0.6 is 0 Å². The quantitative estimate of drug-likeness (QED) is 0.654. The van der Waals surface area contributed by atoms with Gasteiger partial charge in [-0.05, 0) is 18.6 Å². The zero-order chi connectivity index (χ0) is 17.6. The molecule has 0 unspecified atom stereocenters. The van der Waals surface area contributed by atoms with Crippen molar-refractivity contribution in [3.8, 4) is 11.5 Å². The maximum Gasteiger partial charge on any atom is 0.303 e. The topological polar surface area (TPSA) is 119 Å². The Kier molecular flexibility index (Phi) is 6.02. The average Bonchev–Trinajstić information content (AvgIpc) is 2.56. The van der Waals surface area contributed by atoms with Gasteiger partial charge >= 0.3 is 5.97 Å². The van der Waals surface area contributed by atoms with E-state index in [1.165, 1.54) is 18.2 Å². The zero-order valence-corrected chi connectivity index (χ0v) is 13.8. The van der Waals surface area contributed by atoms with E-state index in [2.05, 4.69) is 5.32 Å². The summed E-state index contributed by atoms with van der Waals surface area (Å²) in [6, 6.07) is 4.36. The maximum absolute atomic E-state index is 12.3. The van der Waals surface area contributed by atoms with Gasteiger partial charge in [0.15, 0.2) is 21.3 Å². The summed E-state index contributed by atoms with van der Waals surface area (Å²) in [4.78, 5) is 22.1. The number of fused-ring (bicyclic) bond motifs is 1. The average molecular weight is 357 g/mol. The van der Waals surface area contributed by atoms with Gasteiger partial charge in [-0.15, -0.1) is 0 Å². The van der Waals surface area contributed by atoms with Crippen molar-refractivity contribution in [1.29, 1.82) is 0 Å². The van der Waals surface area contributed by atoms with Crippen molar-refractivity contribution in [2.75, 3.05) is 25.5 Å². The maximum atomic E-state index is 12.3. The number of amides is 1. The molecule has 1 aliphatic rings. The van der Waals surface area contributed by atoms with Crippen LogP contribution in [-0.2, 0) is 19.4 Å². The molecule has 1 aromatic rings. The van der Waals surface area contributed by atoms with Crippen molar-refractivity contribution in [2.45, 2.75) is 24.2 Å². The summed E-state index contributed by atoms with van der Waals surface area (Å²) in [6.45, 7) is 0.978. The third kappa shape index (κ3) is 5.12. The van der Waals surface area contributed by atoms with E-state index in [-0.39, 0.29) is 30.0 Å². The van der Waals surface area contributed by atoms with E-state index in [0.717, 1.165) is 0 Å². The Balaban J connectivity index is 1.87. The summed E-state index contributed by atoms with van der Waals surface area (Å²) in [5, 5.41) is 11.0. The standard InChI is InChI=1S/C15H19NO7S/c17-14(16-6-1-2-15(18)19)5-9-24(20,21)11-3-4-12-13(10-11)23-8-7-22-12/h3-4,10H,1-2,5-9H2,(H,16,17)(H,18,19). The number of carbonyl (C=O) groups excluding carboxylic acids is 1. The highest BCUT2D eigenvalue weighted by Gasteiger charge is 2.20. The number of carboxylic acid groups (broad SMARTS) is 1. The SMILES string of the molecule is O=C(O)CCCNC(=O)CCS(=O)(=O)c1ccc2c(c1)OCCO2. The van der Waals surface area contributed by atoms with Crippen LogP contribution in [-0.4, -0.2) is 50.9 Å². The molecule has 0 aliphatic carbocycles. The molecule has 0 fully saturated rings. The minimum Gasteiger partial charge on any atom is -0.486 e. The molecule has 1 aliphatic heterocycles. The normalized spacial score (nSPS) is 13.3. The smallest absolute Gasteiger partial charge is 0.303 e. The molecule has 0 saturated heterocycles. The Morgan fingerprint density at radius 1 is 1.12 bits per heavy atom. The zero-order valence-electron chi connectivity index (χ0n) is 13.0. The second kappa shape index (κ2) is 8.00. The van der Waals surface area contributed by atoms with E-state index in [9.17, 15) is 18.0 Å². The fourth-order valence-electron chi connectivity index (χ4n) is 2.12. The first kappa shape index (κ1) is 18.1. The molecule has 0 spiro atoms. The van der Waals surface area contributed by atoms with Crippen LogP contribution in [0.3, 0.4) is 0 Å². The predicted octanol–water partition coefficient (Wildman–Crippen LogP) is 0.603. The monoisotopic (exact) mass is 357 g/mol. The van der Waals surface area contributed by atoms with Gasteiger partial charge in [0.05, 0.1) is 10.6 Å². The van der Waals surface area contributed by atoms with E-state index in [4.69, 9.17) is 14.6 Å². The summed E-state index contributed by atoms with van der Waals surface area (Å²) in [5.41, 5.74) is 0. The molecule has 132 valence electrons. The first-order chi connectivity index (χ1) is 11.4. The van der Waals surface area contributed by atoms with Gasteiger partial charge in [0.1, 0.15) is 13.2 Å². The van der Waals surface area contributed by atoms with Crippen LogP contribution in [0.1, 0.15) is 19.3 Å². The minimum absolute atomic E-state index is 0.0459. The predicted molar refractivity (Wildman–Crippen MR) is 84.0 cm³/mol. The van der Waals surface area contributed by atoms with E-state index in [1.54, 1.807) is 0 Å². The number of sulfone groups is 1. The van der Waals surface area contributed by atoms with Crippen molar-refractivity contribution in [1.82, 2.24) is 5.32 Å². The van der Waals surface area contributed by atoms with E-state index in [0.29, 0.717) is 31.1 Å². The molecule has 9 heteroatoms. The molecule has 2 N–H and O–H groups in total. The fraction of sp³-hybridized carbons (Fsp3) is 0.467. The van der Waals surface area contributed by atoms with Crippen molar-refractivity contribution in [2.24, 2.45) is 0 Å². The number of carboxylic acids is 1. The molecule has 2 rings (SSSR count). The number of rotatable bonds is 8. The summed E-state index contributed by atoms with van der Waals surface area (Å²) in [7, 11) is -3.62. The first-order valence-electron chi connectivity index (χ1n) is 7.49. The second-order valence-corrected chi connectivity index (χ2v) is 7.33. The van der Waals surface area contributed by atoms with Crippen LogP contribution in [0.2, 0.25) is 0 Å². The first-order valence-corrected chi connectivity index (χ1v) is 9.14. The van der Waals surface area contributed by atoms with Crippen LogP contribution in [0.15, 0.2) is 23.1 Å². The van der Waals surface area contributed by atoms with Gasteiger partial charge < -0.3 is 19.9 Å². The molecule has 1 aromatic carbocycles. The molecule has 1 amide bonds. The van der Waals surface area contributed by atoms with Gasteiger partial charge in [-0.25, -0.2) is 8.42 Å². The summed E-state index contributed by atoms with van der Waals surface area (Å²) < 4.78 is 35.3. The number of ether oxygens (including phenoxy) is 2. The Hall–Kier alpha value is -2.29. The Morgan fingerprint density at radius 2 is 1.83 bits per heavy atom. The number of hydrogen-bond donors (Lipinski definition) is 2. The molecule has 0 radical (unpaired) electrons. The minimum atomic E-state index is -3.62. The van der Waals surface area contributed by atoms with Crippen molar-refractivity contribution in [3.63, 3.8) is 0 Å². The van der Waals surface area contributed by atoms with Crippen LogP contribution in [0, 0.1) is 0 Å². The molecule has 0 bridgehead atoms. The van der Waals surface area contributed by atoms with Crippen LogP contribution in [0.5, 0.6) is 11.5 Å². The highest BCUT2D eigenvalue weighted by atomic mass is 32.2. The molecule has 8 nitrogen and oxygen atoms in total. The molecule has 0 atom stereocenters. The lowest BCUT2D eigenvalue weighted by Crippen LogP contribution is -2.27. The molecule has 24 heavy (non-hydrogen) atoms. The third-order valence-electron chi connectivity index (χ3n) is 3.36. The highest BCUT2D eigenvalue weighted by Crippen LogP contribution is 2.32. The summed E-state index contributed by atoms with van der Waals surface area (Å²) >= 11 is 0. The Morgan fingerprint density at radius 3 is 2.54 bits per heavy atom. The van der Waals surface area contributed by atoms with Crippen LogP contribution < -0.4 is 14.8 Å². The molecular formula is C15H19NO7S. The van der Waals surface area contributed by atoms with Gasteiger partial charge in [0.2, 0.25) is 5.91 Å². The molecular weight excluding hydrogens is 338 g/mol. The molecule has 0 aromatic heterocycles. The molecule has 0 saturated carbocycles. The lowest BCUT2D eigenvalue weighted by Gasteiger charge is -2.18. The van der Waals surface area contributed by atoms with Crippen molar-refractivity contribution in [3.05, 3.63) is 18.2 Å². The Labute approximate surface area is 139 Å². The summed E-state index contributed by atoms with van der Waals surface area (Å²) in [6.07, 6.45) is 0.0651.